The van der Waals surface area contributed by atoms with Crippen LogP contribution in [0.5, 0.6) is 0 Å². The summed E-state index contributed by atoms with van der Waals surface area (Å²) < 4.78 is 11.5. The molecule has 212 valence electrons. The first-order chi connectivity index (χ1) is 17.5. The minimum absolute atomic E-state index is 0.220. The van der Waals surface area contributed by atoms with E-state index in [1.165, 1.54) is 11.3 Å². The van der Waals surface area contributed by atoms with E-state index in [9.17, 15) is 24.6 Å². The number of aliphatic hydroxyl groups is 1. The summed E-state index contributed by atoms with van der Waals surface area (Å²) in [5.74, 6) is 3.61. The maximum absolute atomic E-state index is 12.4. The summed E-state index contributed by atoms with van der Waals surface area (Å²) in [4.78, 5) is 40.4. The molecule has 1 amide bonds. The molecule has 1 aromatic rings. The van der Waals surface area contributed by atoms with Gasteiger partial charge in [-0.25, -0.2) is 19.4 Å². The van der Waals surface area contributed by atoms with E-state index in [1.807, 2.05) is 26.2 Å². The average molecular weight is 616 g/mol. The Morgan fingerprint density at radius 3 is 2.47 bits per heavy atom. The van der Waals surface area contributed by atoms with E-state index in [-0.39, 0.29) is 6.42 Å². The Hall–Kier alpha value is -2.42. The Morgan fingerprint density at radius 1 is 1.26 bits per heavy atom. The summed E-state index contributed by atoms with van der Waals surface area (Å²) in [7, 11) is 0. The van der Waals surface area contributed by atoms with Gasteiger partial charge in [0, 0.05) is 23.1 Å². The van der Waals surface area contributed by atoms with E-state index in [2.05, 4.69) is 38.1 Å². The molecule has 1 heterocycles. The SMILES string of the molecule is C/C(Br)=C\C(Cc1nc(CCCC(NC(=O)OC(C)(C)C)C(=O)O)cs1)OC(=O)C#CC(C)(C)CC(C)O. The van der Waals surface area contributed by atoms with E-state index >= 15 is 0 Å². The maximum atomic E-state index is 12.4. The fraction of sp³-hybridized carbons (Fsp3) is 0.630. The molecule has 3 atom stereocenters. The van der Waals surface area contributed by atoms with E-state index in [4.69, 9.17) is 9.47 Å². The first-order valence-electron chi connectivity index (χ1n) is 12.4. The number of thiazole rings is 1. The number of halogens is 1. The number of carboxylic acids is 1. The smallest absolute Gasteiger partial charge is 0.408 e. The highest BCUT2D eigenvalue weighted by Gasteiger charge is 2.24. The van der Waals surface area contributed by atoms with Crippen molar-refractivity contribution < 1.29 is 34.1 Å². The van der Waals surface area contributed by atoms with Crippen LogP contribution in [0.3, 0.4) is 0 Å². The van der Waals surface area contributed by atoms with Crippen LogP contribution in [-0.2, 0) is 31.9 Å². The van der Waals surface area contributed by atoms with Crippen LogP contribution in [0.1, 0.15) is 78.4 Å². The Labute approximate surface area is 237 Å². The van der Waals surface area contributed by atoms with Gasteiger partial charge in [0.05, 0.1) is 16.8 Å². The number of esters is 1. The second kappa shape index (κ2) is 15.2. The van der Waals surface area contributed by atoms with E-state index in [0.717, 1.165) is 15.2 Å². The number of alkyl carbamates (subject to hydrolysis) is 1. The van der Waals surface area contributed by atoms with Crippen LogP contribution < -0.4 is 5.32 Å². The minimum atomic E-state index is -1.13. The zero-order chi connectivity index (χ0) is 29.1. The number of carbonyl (C=O) groups excluding carboxylic acids is 2. The number of aryl methyl sites for hydroxylation is 1. The van der Waals surface area contributed by atoms with Gasteiger partial charge in [0.1, 0.15) is 17.7 Å². The van der Waals surface area contributed by atoms with Crippen molar-refractivity contribution in [2.75, 3.05) is 0 Å². The van der Waals surface area contributed by atoms with Crippen LogP contribution in [0.25, 0.3) is 0 Å². The summed E-state index contributed by atoms with van der Waals surface area (Å²) in [5, 5.41) is 24.1. The van der Waals surface area contributed by atoms with Gasteiger partial charge in [-0.3, -0.25) is 0 Å². The number of aliphatic hydroxyl groups excluding tert-OH is 1. The van der Waals surface area contributed by atoms with E-state index in [0.29, 0.717) is 25.7 Å². The fourth-order valence-corrected chi connectivity index (χ4v) is 4.66. The largest absolute Gasteiger partial charge is 0.480 e. The van der Waals surface area contributed by atoms with Crippen LogP contribution in [0.2, 0.25) is 0 Å². The van der Waals surface area contributed by atoms with Crippen molar-refractivity contribution in [3.63, 3.8) is 0 Å². The highest BCUT2D eigenvalue weighted by Crippen LogP contribution is 2.21. The molecule has 11 heteroatoms. The molecule has 0 saturated carbocycles. The molecule has 0 saturated heterocycles. The first kappa shape index (κ1) is 33.6. The molecule has 0 aliphatic heterocycles. The third-order valence-electron chi connectivity index (χ3n) is 4.87. The van der Waals surface area contributed by atoms with Crippen LogP contribution in [0.4, 0.5) is 4.79 Å². The lowest BCUT2D eigenvalue weighted by Crippen LogP contribution is -2.43. The van der Waals surface area contributed by atoms with Gasteiger partial charge in [-0.15, -0.1) is 11.3 Å². The number of hydrogen-bond acceptors (Lipinski definition) is 8. The van der Waals surface area contributed by atoms with Crippen molar-refractivity contribution in [1.82, 2.24) is 10.3 Å². The number of allylic oxidation sites excluding steroid dienone is 1. The van der Waals surface area contributed by atoms with Gasteiger partial charge in [-0.05, 0) is 84.7 Å². The van der Waals surface area contributed by atoms with Gasteiger partial charge in [0.15, 0.2) is 0 Å². The molecule has 0 spiro atoms. The number of hydrogen-bond donors (Lipinski definition) is 3. The number of carboxylic acid groups (broad SMARTS) is 1. The summed E-state index contributed by atoms with van der Waals surface area (Å²) >= 11 is 4.80. The predicted octanol–water partition coefficient (Wildman–Crippen LogP) is 5.00. The topological polar surface area (TPSA) is 135 Å². The van der Waals surface area contributed by atoms with Crippen LogP contribution in [0, 0.1) is 17.3 Å². The molecule has 1 rings (SSSR count). The number of aromatic nitrogens is 1. The highest BCUT2D eigenvalue weighted by molar-refractivity contribution is 9.11. The first-order valence-corrected chi connectivity index (χ1v) is 14.0. The Bertz CT molecular complexity index is 1040. The zero-order valence-electron chi connectivity index (χ0n) is 23.1. The molecule has 0 bridgehead atoms. The molecule has 0 aliphatic carbocycles. The molecule has 0 fully saturated rings. The highest BCUT2D eigenvalue weighted by atomic mass is 79.9. The Balaban J connectivity index is 2.73. The molecule has 0 aliphatic rings. The summed E-state index contributed by atoms with van der Waals surface area (Å²) in [6.07, 6.45) is 1.91. The second-order valence-electron chi connectivity index (χ2n) is 10.8. The van der Waals surface area contributed by atoms with Gasteiger partial charge in [-0.2, -0.15) is 0 Å². The van der Waals surface area contributed by atoms with Crippen molar-refractivity contribution >= 4 is 45.3 Å². The lowest BCUT2D eigenvalue weighted by Gasteiger charge is -2.21. The minimum Gasteiger partial charge on any atom is -0.480 e. The van der Waals surface area contributed by atoms with Gasteiger partial charge in [0.25, 0.3) is 0 Å². The molecule has 9 nitrogen and oxygen atoms in total. The van der Waals surface area contributed by atoms with E-state index < -0.39 is 47.3 Å². The Kier molecular flexibility index (Phi) is 13.5. The summed E-state index contributed by atoms with van der Waals surface area (Å²) in [6.45, 7) is 12.3. The number of nitrogens with zero attached hydrogens (tertiary/aromatic N) is 1. The third-order valence-corrected chi connectivity index (χ3v) is 6.06. The Morgan fingerprint density at radius 2 is 1.92 bits per heavy atom. The van der Waals surface area contributed by atoms with Crippen LogP contribution in [0.15, 0.2) is 15.9 Å². The van der Waals surface area contributed by atoms with Gasteiger partial charge < -0.3 is 25.0 Å². The van der Waals surface area contributed by atoms with Crippen LogP contribution in [-0.4, -0.2) is 57.1 Å². The van der Waals surface area contributed by atoms with Crippen LogP contribution >= 0.6 is 27.3 Å². The van der Waals surface area contributed by atoms with E-state index in [1.54, 1.807) is 33.8 Å². The number of amides is 1. The lowest BCUT2D eigenvalue weighted by molar-refractivity contribution is -0.140. The lowest BCUT2D eigenvalue weighted by atomic mass is 9.88. The molecule has 0 radical (unpaired) electrons. The van der Waals surface area contributed by atoms with Crippen molar-refractivity contribution in [1.29, 1.82) is 0 Å². The normalized spacial score (nSPS) is 14.5. The zero-order valence-corrected chi connectivity index (χ0v) is 25.5. The van der Waals surface area contributed by atoms with Gasteiger partial charge in [0.2, 0.25) is 0 Å². The number of ether oxygens (including phenoxy) is 2. The van der Waals surface area contributed by atoms with Gasteiger partial charge in [-0.1, -0.05) is 21.9 Å². The number of rotatable bonds is 12. The predicted molar refractivity (Wildman–Crippen MR) is 150 cm³/mol. The number of aliphatic carboxylic acids is 1. The second-order valence-corrected chi connectivity index (χ2v) is 12.9. The fourth-order valence-electron chi connectivity index (χ4n) is 3.49. The van der Waals surface area contributed by atoms with Crippen molar-refractivity contribution in [2.24, 2.45) is 5.41 Å². The standard InChI is InChI=1S/C27H39BrN2O7S/c1-17(28)13-20(36-23(32)11-12-27(6,7)15-18(2)31)14-22-29-19(16-38-22)9-8-10-21(24(33)34)30-25(35)37-26(3,4)5/h13,16,18,20-21,31H,8-10,14-15H2,1-7H3,(H,30,35)(H,33,34)/b17-13+. The van der Waals surface area contributed by atoms with Crippen molar-refractivity contribution in [2.45, 2.75) is 104 Å². The molecule has 1 aromatic heterocycles. The number of nitrogens with one attached hydrogen (secondary N) is 1. The molecule has 3 unspecified atom stereocenters. The van der Waals surface area contributed by atoms with Crippen molar-refractivity contribution in [3.05, 3.63) is 26.6 Å². The molecule has 3 N–H and O–H groups in total. The summed E-state index contributed by atoms with van der Waals surface area (Å²) in [5.41, 5.74) is -0.466. The number of carbonyl (C=O) groups is 3. The monoisotopic (exact) mass is 614 g/mol. The van der Waals surface area contributed by atoms with Gasteiger partial charge >= 0.3 is 18.0 Å². The molecule has 38 heavy (non-hydrogen) atoms. The molecular weight excluding hydrogens is 576 g/mol. The quantitative estimate of drug-likeness (QED) is 0.170. The molecule has 0 aromatic carbocycles. The van der Waals surface area contributed by atoms with Crippen molar-refractivity contribution in [3.8, 4) is 11.8 Å². The average Bonchev–Trinajstić information content (AvgIpc) is 3.15. The summed E-state index contributed by atoms with van der Waals surface area (Å²) in [6, 6.07) is -1.06. The third kappa shape index (κ3) is 15.1. The molecular formula is C27H39BrN2O7S. The maximum Gasteiger partial charge on any atom is 0.408 e.